The summed E-state index contributed by atoms with van der Waals surface area (Å²) in [5.74, 6) is 1.17. The summed E-state index contributed by atoms with van der Waals surface area (Å²) in [7, 11) is 0. The van der Waals surface area contributed by atoms with Crippen LogP contribution in [-0.4, -0.2) is 18.9 Å². The molecule has 1 aliphatic heterocycles. The van der Waals surface area contributed by atoms with Crippen molar-refractivity contribution in [1.82, 2.24) is 5.32 Å². The van der Waals surface area contributed by atoms with E-state index in [1.54, 1.807) is 0 Å². The molecule has 0 bridgehead atoms. The standard InChI is InChI=1S/C13H21NO/c15-13(12-4-2-1-3-5-12)7-6-11-8-9-14-10-11/h4,11,14H,1-3,5-10H2. The van der Waals surface area contributed by atoms with Crippen LogP contribution in [0, 0.1) is 5.92 Å². The number of nitrogens with one attached hydrogen (secondary N) is 1. The zero-order chi connectivity index (χ0) is 10.5. The largest absolute Gasteiger partial charge is 0.316 e. The molecule has 1 atom stereocenters. The van der Waals surface area contributed by atoms with Crippen LogP contribution in [0.4, 0.5) is 0 Å². The van der Waals surface area contributed by atoms with E-state index in [4.69, 9.17) is 0 Å². The average molecular weight is 207 g/mol. The second-order valence-electron chi connectivity index (χ2n) is 4.80. The van der Waals surface area contributed by atoms with E-state index in [9.17, 15) is 4.79 Å². The lowest BCUT2D eigenvalue weighted by molar-refractivity contribution is -0.116. The first-order valence-corrected chi connectivity index (χ1v) is 6.29. The third-order valence-corrected chi connectivity index (χ3v) is 3.59. The predicted octanol–water partition coefficient (Wildman–Crippen LogP) is 2.45. The zero-order valence-electron chi connectivity index (χ0n) is 9.43. The van der Waals surface area contributed by atoms with E-state index in [-0.39, 0.29) is 0 Å². The summed E-state index contributed by atoms with van der Waals surface area (Å²) < 4.78 is 0. The lowest BCUT2D eigenvalue weighted by Crippen LogP contribution is -2.11. The van der Waals surface area contributed by atoms with Crippen LogP contribution in [0.1, 0.15) is 44.9 Å². The summed E-state index contributed by atoms with van der Waals surface area (Å²) in [5.41, 5.74) is 1.12. The van der Waals surface area contributed by atoms with Crippen LogP contribution in [-0.2, 0) is 4.79 Å². The molecule has 0 spiro atoms. The quantitative estimate of drug-likeness (QED) is 0.767. The fourth-order valence-electron chi connectivity index (χ4n) is 2.55. The Hall–Kier alpha value is -0.630. The maximum absolute atomic E-state index is 11.9. The molecule has 2 aliphatic rings. The van der Waals surface area contributed by atoms with Gasteiger partial charge >= 0.3 is 0 Å². The highest BCUT2D eigenvalue weighted by Gasteiger charge is 2.17. The maximum atomic E-state index is 11.9. The van der Waals surface area contributed by atoms with E-state index in [2.05, 4.69) is 11.4 Å². The van der Waals surface area contributed by atoms with E-state index < -0.39 is 0 Å². The van der Waals surface area contributed by atoms with Gasteiger partial charge in [-0.25, -0.2) is 0 Å². The summed E-state index contributed by atoms with van der Waals surface area (Å²) in [4.78, 5) is 11.9. The Bertz CT molecular complexity index is 251. The number of allylic oxidation sites excluding steroid dienone is 2. The highest BCUT2D eigenvalue weighted by Crippen LogP contribution is 2.22. The molecule has 0 saturated carbocycles. The van der Waals surface area contributed by atoms with Crippen molar-refractivity contribution in [2.24, 2.45) is 5.92 Å². The molecule has 15 heavy (non-hydrogen) atoms. The first-order valence-electron chi connectivity index (χ1n) is 6.29. The van der Waals surface area contributed by atoms with Gasteiger partial charge in [0.25, 0.3) is 0 Å². The molecule has 1 heterocycles. The number of carbonyl (C=O) groups is 1. The summed E-state index contributed by atoms with van der Waals surface area (Å²) in [6.45, 7) is 2.26. The monoisotopic (exact) mass is 207 g/mol. The number of hydrogen-bond donors (Lipinski definition) is 1. The molecule has 1 N–H and O–H groups in total. The normalized spacial score (nSPS) is 26.4. The summed E-state index contributed by atoms with van der Waals surface area (Å²) >= 11 is 0. The van der Waals surface area contributed by atoms with E-state index in [1.165, 1.54) is 19.3 Å². The smallest absolute Gasteiger partial charge is 0.158 e. The predicted molar refractivity (Wildman–Crippen MR) is 61.8 cm³/mol. The van der Waals surface area contributed by atoms with E-state index in [1.807, 2.05) is 0 Å². The fraction of sp³-hybridized carbons (Fsp3) is 0.769. The molecule has 0 aromatic heterocycles. The molecule has 2 heteroatoms. The summed E-state index contributed by atoms with van der Waals surface area (Å²) in [6.07, 6.45) is 9.91. The molecular formula is C13H21NO. The maximum Gasteiger partial charge on any atom is 0.158 e. The molecule has 1 unspecified atom stereocenters. The van der Waals surface area contributed by atoms with Gasteiger partial charge in [-0.2, -0.15) is 0 Å². The summed E-state index contributed by atoms with van der Waals surface area (Å²) in [6, 6.07) is 0. The van der Waals surface area contributed by atoms with Gasteiger partial charge in [0.2, 0.25) is 0 Å². The van der Waals surface area contributed by atoms with Crippen LogP contribution in [0.2, 0.25) is 0 Å². The lowest BCUT2D eigenvalue weighted by atomic mass is 9.92. The Kier molecular flexibility index (Phi) is 3.95. The summed E-state index contributed by atoms with van der Waals surface area (Å²) in [5, 5.41) is 3.35. The number of Topliss-reactive ketones (excluding diaryl/α,β-unsaturated/α-hetero) is 1. The molecule has 0 aromatic rings. The van der Waals surface area contributed by atoms with E-state index >= 15 is 0 Å². The van der Waals surface area contributed by atoms with Crippen LogP contribution in [0.3, 0.4) is 0 Å². The number of rotatable bonds is 4. The SMILES string of the molecule is O=C(CCC1CCNC1)C1=CCCCC1. The fourth-order valence-corrected chi connectivity index (χ4v) is 2.55. The molecule has 2 nitrogen and oxygen atoms in total. The van der Waals surface area contributed by atoms with Crippen molar-refractivity contribution in [3.63, 3.8) is 0 Å². The van der Waals surface area contributed by atoms with Gasteiger partial charge in [0.15, 0.2) is 5.78 Å². The first-order chi connectivity index (χ1) is 7.36. The van der Waals surface area contributed by atoms with Crippen molar-refractivity contribution in [3.05, 3.63) is 11.6 Å². The van der Waals surface area contributed by atoms with Gasteiger partial charge in [-0.1, -0.05) is 6.08 Å². The molecular weight excluding hydrogens is 186 g/mol. The number of carbonyl (C=O) groups excluding carboxylic acids is 1. The van der Waals surface area contributed by atoms with Crippen LogP contribution in [0.5, 0.6) is 0 Å². The van der Waals surface area contributed by atoms with E-state index in [0.717, 1.165) is 50.3 Å². The van der Waals surface area contributed by atoms with Gasteiger partial charge in [0.1, 0.15) is 0 Å². The average Bonchev–Trinajstić information content (AvgIpc) is 2.80. The second-order valence-corrected chi connectivity index (χ2v) is 4.80. The van der Waals surface area contributed by atoms with Crippen LogP contribution < -0.4 is 5.32 Å². The Morgan fingerprint density at radius 2 is 2.40 bits per heavy atom. The van der Waals surface area contributed by atoms with Crippen molar-refractivity contribution < 1.29 is 4.79 Å². The Balaban J connectivity index is 1.73. The van der Waals surface area contributed by atoms with Crippen molar-refractivity contribution in [1.29, 1.82) is 0 Å². The molecule has 1 saturated heterocycles. The first kappa shape index (κ1) is 10.9. The van der Waals surface area contributed by atoms with Gasteiger partial charge in [0, 0.05) is 6.42 Å². The minimum atomic E-state index is 0.418. The minimum absolute atomic E-state index is 0.418. The third-order valence-electron chi connectivity index (χ3n) is 3.59. The van der Waals surface area contributed by atoms with Crippen LogP contribution in [0.25, 0.3) is 0 Å². The van der Waals surface area contributed by atoms with Crippen molar-refractivity contribution in [3.8, 4) is 0 Å². The van der Waals surface area contributed by atoms with Crippen molar-refractivity contribution >= 4 is 5.78 Å². The Morgan fingerprint density at radius 1 is 1.47 bits per heavy atom. The van der Waals surface area contributed by atoms with Gasteiger partial charge in [-0.15, -0.1) is 0 Å². The van der Waals surface area contributed by atoms with Crippen LogP contribution >= 0.6 is 0 Å². The molecule has 0 amide bonds. The molecule has 1 fully saturated rings. The highest BCUT2D eigenvalue weighted by atomic mass is 16.1. The zero-order valence-corrected chi connectivity index (χ0v) is 9.43. The van der Waals surface area contributed by atoms with Gasteiger partial charge < -0.3 is 5.32 Å². The molecule has 0 radical (unpaired) electrons. The van der Waals surface area contributed by atoms with Gasteiger partial charge in [0.05, 0.1) is 0 Å². The highest BCUT2D eigenvalue weighted by molar-refractivity contribution is 5.95. The van der Waals surface area contributed by atoms with Crippen molar-refractivity contribution in [2.45, 2.75) is 44.9 Å². The number of ketones is 1. The molecule has 2 rings (SSSR count). The minimum Gasteiger partial charge on any atom is -0.316 e. The molecule has 1 aliphatic carbocycles. The molecule has 0 aromatic carbocycles. The number of hydrogen-bond acceptors (Lipinski definition) is 2. The van der Waals surface area contributed by atoms with E-state index in [0.29, 0.717) is 5.78 Å². The van der Waals surface area contributed by atoms with Crippen molar-refractivity contribution in [2.75, 3.05) is 13.1 Å². The Labute approximate surface area is 92.1 Å². The topological polar surface area (TPSA) is 29.1 Å². The van der Waals surface area contributed by atoms with Gasteiger partial charge in [-0.3, -0.25) is 4.79 Å². The third kappa shape index (κ3) is 3.16. The van der Waals surface area contributed by atoms with Gasteiger partial charge in [-0.05, 0) is 63.1 Å². The Morgan fingerprint density at radius 3 is 3.07 bits per heavy atom. The lowest BCUT2D eigenvalue weighted by Gasteiger charge is -2.12. The molecule has 84 valence electrons. The second kappa shape index (κ2) is 5.45. The van der Waals surface area contributed by atoms with Crippen LogP contribution in [0.15, 0.2) is 11.6 Å².